The van der Waals surface area contributed by atoms with Crippen molar-refractivity contribution < 1.29 is 14.8 Å². The molecule has 1 rings (SSSR count). The van der Waals surface area contributed by atoms with Gasteiger partial charge in [0, 0.05) is 12.3 Å². The van der Waals surface area contributed by atoms with Crippen LogP contribution >= 0.6 is 11.6 Å². The molecule has 0 saturated heterocycles. The largest absolute Gasteiger partial charge is 0.480 e. The van der Waals surface area contributed by atoms with Crippen LogP contribution in [0.1, 0.15) is 20.3 Å². The number of rotatable bonds is 6. The van der Waals surface area contributed by atoms with E-state index >= 15 is 0 Å². The smallest absolute Gasteiger partial charge is 0.326 e. The summed E-state index contributed by atoms with van der Waals surface area (Å²) in [7, 11) is 0. The second kappa shape index (κ2) is 6.33. The van der Waals surface area contributed by atoms with Crippen molar-refractivity contribution in [2.75, 3.05) is 5.32 Å². The van der Waals surface area contributed by atoms with Crippen molar-refractivity contribution in [3.8, 4) is 0 Å². The summed E-state index contributed by atoms with van der Waals surface area (Å²) in [4.78, 5) is 25.1. The van der Waals surface area contributed by atoms with Gasteiger partial charge in [0.05, 0.1) is 9.95 Å². The third kappa shape index (κ3) is 4.36. The molecule has 1 aromatic rings. The number of anilines is 1. The molecule has 0 spiro atoms. The number of nitro groups is 1. The van der Waals surface area contributed by atoms with Crippen LogP contribution in [0.2, 0.25) is 5.02 Å². The Labute approximate surface area is 114 Å². The lowest BCUT2D eigenvalue weighted by atomic mass is 10.0. The molecule has 19 heavy (non-hydrogen) atoms. The van der Waals surface area contributed by atoms with Crippen LogP contribution in [0.5, 0.6) is 0 Å². The Kier molecular flexibility index (Phi) is 5.05. The topological polar surface area (TPSA) is 105 Å². The molecule has 7 nitrogen and oxygen atoms in total. The second-order valence-electron chi connectivity index (χ2n) is 4.44. The predicted octanol–water partition coefficient (Wildman–Crippen LogP) is 2.55. The van der Waals surface area contributed by atoms with E-state index < -0.39 is 16.9 Å². The van der Waals surface area contributed by atoms with Crippen LogP contribution in [-0.2, 0) is 4.79 Å². The summed E-state index contributed by atoms with van der Waals surface area (Å²) < 4.78 is 0. The Balaban J connectivity index is 3.02. The highest BCUT2D eigenvalue weighted by atomic mass is 35.5. The lowest BCUT2D eigenvalue weighted by Crippen LogP contribution is -2.31. The van der Waals surface area contributed by atoms with Gasteiger partial charge in [-0.2, -0.15) is 0 Å². The van der Waals surface area contributed by atoms with Gasteiger partial charge in [-0.3, -0.25) is 10.1 Å². The summed E-state index contributed by atoms with van der Waals surface area (Å²) in [6.45, 7) is 3.72. The minimum absolute atomic E-state index is 0.0950. The quantitative estimate of drug-likeness (QED) is 0.615. The number of halogens is 1. The van der Waals surface area contributed by atoms with Gasteiger partial charge in [-0.25, -0.2) is 9.78 Å². The number of hydrogen-bond acceptors (Lipinski definition) is 5. The number of hydrogen-bond donors (Lipinski definition) is 2. The van der Waals surface area contributed by atoms with E-state index in [2.05, 4.69) is 10.3 Å². The minimum Gasteiger partial charge on any atom is -0.480 e. The first-order valence-corrected chi connectivity index (χ1v) is 5.98. The highest BCUT2D eigenvalue weighted by Crippen LogP contribution is 2.26. The Bertz CT molecular complexity index is 493. The number of carboxylic acid groups (broad SMARTS) is 1. The van der Waals surface area contributed by atoms with Gasteiger partial charge in [0.15, 0.2) is 0 Å². The highest BCUT2D eigenvalue weighted by molar-refractivity contribution is 6.30. The van der Waals surface area contributed by atoms with Crippen LogP contribution in [0.3, 0.4) is 0 Å². The van der Waals surface area contributed by atoms with Crippen molar-refractivity contribution in [2.24, 2.45) is 5.92 Å². The van der Waals surface area contributed by atoms with Crippen molar-refractivity contribution in [1.29, 1.82) is 0 Å². The molecule has 1 atom stereocenters. The fraction of sp³-hybridized carbons (Fsp3) is 0.455. The molecule has 0 saturated carbocycles. The van der Waals surface area contributed by atoms with E-state index in [1.54, 1.807) is 0 Å². The number of pyridine rings is 1. The average molecular weight is 288 g/mol. The molecule has 0 aromatic carbocycles. The third-order valence-electron chi connectivity index (χ3n) is 2.35. The Morgan fingerprint density at radius 2 is 2.26 bits per heavy atom. The second-order valence-corrected chi connectivity index (χ2v) is 4.88. The highest BCUT2D eigenvalue weighted by Gasteiger charge is 2.24. The molecule has 8 heteroatoms. The molecule has 0 aliphatic carbocycles. The molecule has 1 heterocycles. The maximum atomic E-state index is 11.1. The van der Waals surface area contributed by atoms with Crippen molar-refractivity contribution in [3.05, 3.63) is 27.4 Å². The number of nitrogens with one attached hydrogen (secondary N) is 1. The number of carbonyl (C=O) groups is 1. The number of aromatic nitrogens is 1. The standard InChI is InChI=1S/C11H14ClN3O4/c1-6(2)3-8(11(16)17)14-10-9(15(18)19)4-7(12)5-13-10/h4-6,8H,3H2,1-2H3,(H,13,14)(H,16,17)/t8-/m0/s1. The van der Waals surface area contributed by atoms with Crippen LogP contribution in [0.15, 0.2) is 12.3 Å². The summed E-state index contributed by atoms with van der Waals surface area (Å²) in [5.41, 5.74) is -0.345. The van der Waals surface area contributed by atoms with Gasteiger partial charge in [0.25, 0.3) is 0 Å². The number of carboxylic acids is 1. The van der Waals surface area contributed by atoms with Gasteiger partial charge in [-0.15, -0.1) is 0 Å². The van der Waals surface area contributed by atoms with Crippen LogP contribution in [-0.4, -0.2) is 27.0 Å². The fourth-order valence-electron chi connectivity index (χ4n) is 1.54. The zero-order chi connectivity index (χ0) is 14.6. The van der Waals surface area contributed by atoms with Gasteiger partial charge in [0.2, 0.25) is 5.82 Å². The zero-order valence-electron chi connectivity index (χ0n) is 10.5. The van der Waals surface area contributed by atoms with Crippen molar-refractivity contribution in [2.45, 2.75) is 26.3 Å². The lowest BCUT2D eigenvalue weighted by Gasteiger charge is -2.16. The minimum atomic E-state index is -1.08. The van der Waals surface area contributed by atoms with E-state index in [1.165, 1.54) is 6.20 Å². The van der Waals surface area contributed by atoms with E-state index in [4.69, 9.17) is 16.7 Å². The summed E-state index contributed by atoms with van der Waals surface area (Å²) in [5, 5.41) is 22.6. The molecular weight excluding hydrogens is 274 g/mol. The van der Waals surface area contributed by atoms with E-state index in [1.807, 2.05) is 13.8 Å². The molecule has 104 valence electrons. The van der Waals surface area contributed by atoms with Gasteiger partial charge >= 0.3 is 11.7 Å². The number of nitrogens with zero attached hydrogens (tertiary/aromatic N) is 2. The van der Waals surface area contributed by atoms with Crippen molar-refractivity contribution in [1.82, 2.24) is 4.98 Å². The van der Waals surface area contributed by atoms with E-state index in [9.17, 15) is 14.9 Å². The molecule has 0 unspecified atom stereocenters. The molecule has 0 amide bonds. The molecule has 0 aliphatic heterocycles. The Morgan fingerprint density at radius 1 is 1.63 bits per heavy atom. The molecule has 0 aliphatic rings. The molecule has 0 radical (unpaired) electrons. The zero-order valence-corrected chi connectivity index (χ0v) is 11.2. The average Bonchev–Trinajstić information content (AvgIpc) is 2.29. The monoisotopic (exact) mass is 287 g/mol. The summed E-state index contributed by atoms with van der Waals surface area (Å²) in [5.74, 6) is -1.05. The van der Waals surface area contributed by atoms with Crippen LogP contribution in [0, 0.1) is 16.0 Å². The van der Waals surface area contributed by atoms with Crippen LogP contribution in [0.4, 0.5) is 11.5 Å². The first-order chi connectivity index (χ1) is 8.81. The van der Waals surface area contributed by atoms with Crippen molar-refractivity contribution in [3.63, 3.8) is 0 Å². The van der Waals surface area contributed by atoms with Crippen LogP contribution < -0.4 is 5.32 Å². The first-order valence-electron chi connectivity index (χ1n) is 5.60. The van der Waals surface area contributed by atoms with E-state index in [0.717, 1.165) is 6.07 Å². The molecule has 0 fully saturated rings. The van der Waals surface area contributed by atoms with E-state index in [0.29, 0.717) is 6.42 Å². The van der Waals surface area contributed by atoms with Gasteiger partial charge in [-0.1, -0.05) is 25.4 Å². The fourth-order valence-corrected chi connectivity index (χ4v) is 1.69. The third-order valence-corrected chi connectivity index (χ3v) is 2.55. The maximum absolute atomic E-state index is 11.1. The van der Waals surface area contributed by atoms with Gasteiger partial charge in [-0.05, 0) is 12.3 Å². The SMILES string of the molecule is CC(C)C[C@H](Nc1ncc(Cl)cc1[N+](=O)[O-])C(=O)O. The summed E-state index contributed by atoms with van der Waals surface area (Å²) >= 11 is 5.63. The van der Waals surface area contributed by atoms with Gasteiger partial charge < -0.3 is 10.4 Å². The Hall–Kier alpha value is -1.89. The summed E-state index contributed by atoms with van der Waals surface area (Å²) in [6, 6.07) is 0.193. The molecule has 2 N–H and O–H groups in total. The Morgan fingerprint density at radius 3 is 2.74 bits per heavy atom. The first kappa shape index (κ1) is 15.2. The molecular formula is C11H14ClN3O4. The maximum Gasteiger partial charge on any atom is 0.326 e. The predicted molar refractivity (Wildman–Crippen MR) is 70.4 cm³/mol. The summed E-state index contributed by atoms with van der Waals surface area (Å²) in [6.07, 6.45) is 1.56. The normalized spacial score (nSPS) is 12.2. The lowest BCUT2D eigenvalue weighted by molar-refractivity contribution is -0.384. The number of aliphatic carboxylic acids is 1. The van der Waals surface area contributed by atoms with Crippen molar-refractivity contribution >= 4 is 29.1 Å². The molecule has 1 aromatic heterocycles. The van der Waals surface area contributed by atoms with Crippen LogP contribution in [0.25, 0.3) is 0 Å². The van der Waals surface area contributed by atoms with E-state index in [-0.39, 0.29) is 22.4 Å². The molecule has 0 bridgehead atoms. The van der Waals surface area contributed by atoms with Gasteiger partial charge in [0.1, 0.15) is 6.04 Å².